The Morgan fingerprint density at radius 3 is 2.70 bits per heavy atom. The van der Waals surface area contributed by atoms with Crippen LogP contribution in [0.3, 0.4) is 0 Å². The number of nitrogens with one attached hydrogen (secondary N) is 1. The second kappa shape index (κ2) is 6.24. The second-order valence-electron chi connectivity index (χ2n) is 4.76. The zero-order valence-electron chi connectivity index (χ0n) is 12.1. The number of ether oxygens (including phenoxy) is 1. The Morgan fingerprint density at radius 1 is 1.15 bits per heavy atom. The first-order valence-electron chi connectivity index (χ1n) is 6.73. The van der Waals surface area contributed by atoms with Crippen molar-refractivity contribution in [2.75, 3.05) is 6.54 Å². The number of aryl methyl sites for hydroxylation is 2. The van der Waals surface area contributed by atoms with Gasteiger partial charge in [-0.2, -0.15) is 0 Å². The van der Waals surface area contributed by atoms with E-state index in [-0.39, 0.29) is 5.91 Å². The van der Waals surface area contributed by atoms with Crippen molar-refractivity contribution in [3.8, 4) is 11.5 Å². The molecule has 0 atom stereocenters. The molecule has 0 heterocycles. The fourth-order valence-corrected chi connectivity index (χ4v) is 1.91. The number of carbonyl (C=O) groups excluding carboxylic acids is 1. The topological polar surface area (TPSA) is 38.3 Å². The van der Waals surface area contributed by atoms with E-state index in [1.807, 2.05) is 51.1 Å². The van der Waals surface area contributed by atoms with Crippen molar-refractivity contribution in [3.05, 3.63) is 59.2 Å². The Hall–Kier alpha value is -2.29. The van der Waals surface area contributed by atoms with Crippen molar-refractivity contribution in [2.24, 2.45) is 0 Å². The van der Waals surface area contributed by atoms with Gasteiger partial charge in [0, 0.05) is 12.1 Å². The molecule has 0 saturated heterocycles. The highest BCUT2D eigenvalue weighted by Crippen LogP contribution is 2.26. The summed E-state index contributed by atoms with van der Waals surface area (Å²) >= 11 is 0. The number of carbonyl (C=O) groups is 1. The SMILES string of the molecule is CCNC(=O)c1cccc(Oc2cc(C)ccc2C)c1. The first-order valence-corrected chi connectivity index (χ1v) is 6.73. The normalized spacial score (nSPS) is 10.2. The zero-order chi connectivity index (χ0) is 14.5. The van der Waals surface area contributed by atoms with Gasteiger partial charge in [-0.25, -0.2) is 0 Å². The van der Waals surface area contributed by atoms with Crippen LogP contribution in [0.25, 0.3) is 0 Å². The summed E-state index contributed by atoms with van der Waals surface area (Å²) in [5.41, 5.74) is 2.82. The average molecular weight is 269 g/mol. The van der Waals surface area contributed by atoms with Crippen LogP contribution >= 0.6 is 0 Å². The summed E-state index contributed by atoms with van der Waals surface area (Å²) < 4.78 is 5.88. The molecule has 2 aromatic carbocycles. The van der Waals surface area contributed by atoms with Gasteiger partial charge in [0.1, 0.15) is 11.5 Å². The molecule has 0 unspecified atom stereocenters. The van der Waals surface area contributed by atoms with Gasteiger partial charge in [-0.3, -0.25) is 4.79 Å². The minimum Gasteiger partial charge on any atom is -0.457 e. The first-order chi connectivity index (χ1) is 9.60. The molecule has 0 aromatic heterocycles. The van der Waals surface area contributed by atoms with E-state index < -0.39 is 0 Å². The van der Waals surface area contributed by atoms with E-state index in [4.69, 9.17) is 4.74 Å². The zero-order valence-corrected chi connectivity index (χ0v) is 12.1. The van der Waals surface area contributed by atoms with Crippen LogP contribution in [0.15, 0.2) is 42.5 Å². The molecule has 2 rings (SSSR count). The highest BCUT2D eigenvalue weighted by Gasteiger charge is 2.07. The molecule has 0 aliphatic heterocycles. The molecule has 2 aromatic rings. The Kier molecular flexibility index (Phi) is 4.41. The van der Waals surface area contributed by atoms with E-state index >= 15 is 0 Å². The van der Waals surface area contributed by atoms with E-state index in [9.17, 15) is 4.79 Å². The van der Waals surface area contributed by atoms with Gasteiger partial charge >= 0.3 is 0 Å². The summed E-state index contributed by atoms with van der Waals surface area (Å²) in [5.74, 6) is 1.40. The number of rotatable bonds is 4. The van der Waals surface area contributed by atoms with Crippen molar-refractivity contribution in [1.82, 2.24) is 5.32 Å². The Balaban J connectivity index is 2.23. The van der Waals surface area contributed by atoms with Crippen molar-refractivity contribution < 1.29 is 9.53 Å². The highest BCUT2D eigenvalue weighted by atomic mass is 16.5. The van der Waals surface area contributed by atoms with Crippen LogP contribution in [0, 0.1) is 13.8 Å². The molecule has 3 heteroatoms. The molecule has 0 spiro atoms. The maximum atomic E-state index is 11.8. The molecule has 104 valence electrons. The van der Waals surface area contributed by atoms with E-state index in [1.54, 1.807) is 12.1 Å². The van der Waals surface area contributed by atoms with E-state index in [0.717, 1.165) is 16.9 Å². The lowest BCUT2D eigenvalue weighted by molar-refractivity contribution is 0.0955. The van der Waals surface area contributed by atoms with Crippen molar-refractivity contribution >= 4 is 5.91 Å². The van der Waals surface area contributed by atoms with E-state index in [0.29, 0.717) is 17.9 Å². The van der Waals surface area contributed by atoms with Gasteiger partial charge in [-0.1, -0.05) is 18.2 Å². The molecule has 0 aliphatic carbocycles. The number of benzene rings is 2. The summed E-state index contributed by atoms with van der Waals surface area (Å²) in [7, 11) is 0. The predicted molar refractivity (Wildman–Crippen MR) is 80.4 cm³/mol. The van der Waals surface area contributed by atoms with Gasteiger partial charge < -0.3 is 10.1 Å². The van der Waals surface area contributed by atoms with Crippen LogP contribution in [0.2, 0.25) is 0 Å². The average Bonchev–Trinajstić information content (AvgIpc) is 2.43. The quantitative estimate of drug-likeness (QED) is 0.915. The Morgan fingerprint density at radius 2 is 1.95 bits per heavy atom. The third-order valence-corrected chi connectivity index (χ3v) is 3.01. The first kappa shape index (κ1) is 14.1. The lowest BCUT2D eigenvalue weighted by Gasteiger charge is -2.10. The van der Waals surface area contributed by atoms with Crippen LogP contribution in [0.1, 0.15) is 28.4 Å². The molecule has 0 radical (unpaired) electrons. The molecule has 0 fully saturated rings. The number of hydrogen-bond donors (Lipinski definition) is 1. The Bertz CT molecular complexity index is 620. The van der Waals surface area contributed by atoms with Crippen LogP contribution in [-0.2, 0) is 0 Å². The summed E-state index contributed by atoms with van der Waals surface area (Å²) in [4.78, 5) is 11.8. The third-order valence-electron chi connectivity index (χ3n) is 3.01. The molecule has 0 bridgehead atoms. The summed E-state index contributed by atoms with van der Waals surface area (Å²) in [6.07, 6.45) is 0. The monoisotopic (exact) mass is 269 g/mol. The maximum absolute atomic E-state index is 11.8. The maximum Gasteiger partial charge on any atom is 0.251 e. The summed E-state index contributed by atoms with van der Waals surface area (Å²) in [6, 6.07) is 13.3. The second-order valence-corrected chi connectivity index (χ2v) is 4.76. The van der Waals surface area contributed by atoms with Crippen molar-refractivity contribution in [1.29, 1.82) is 0 Å². The number of hydrogen-bond acceptors (Lipinski definition) is 2. The van der Waals surface area contributed by atoms with Crippen LogP contribution in [-0.4, -0.2) is 12.5 Å². The van der Waals surface area contributed by atoms with Crippen LogP contribution in [0.4, 0.5) is 0 Å². The highest BCUT2D eigenvalue weighted by molar-refractivity contribution is 5.94. The van der Waals surface area contributed by atoms with E-state index in [1.165, 1.54) is 0 Å². The third kappa shape index (κ3) is 3.38. The molecule has 1 N–H and O–H groups in total. The van der Waals surface area contributed by atoms with Gasteiger partial charge in [-0.05, 0) is 56.2 Å². The van der Waals surface area contributed by atoms with Crippen LogP contribution < -0.4 is 10.1 Å². The van der Waals surface area contributed by atoms with Crippen molar-refractivity contribution in [3.63, 3.8) is 0 Å². The smallest absolute Gasteiger partial charge is 0.251 e. The van der Waals surface area contributed by atoms with Gasteiger partial charge in [0.05, 0.1) is 0 Å². The molecule has 0 saturated carbocycles. The molecule has 0 aliphatic rings. The lowest BCUT2D eigenvalue weighted by atomic mass is 10.1. The number of amides is 1. The standard InChI is InChI=1S/C17H19NO2/c1-4-18-17(19)14-6-5-7-15(11-14)20-16-10-12(2)8-9-13(16)3/h5-11H,4H2,1-3H3,(H,18,19). The molecular formula is C17H19NO2. The predicted octanol–water partition coefficient (Wildman–Crippen LogP) is 3.85. The largest absolute Gasteiger partial charge is 0.457 e. The lowest BCUT2D eigenvalue weighted by Crippen LogP contribution is -2.22. The molecular weight excluding hydrogens is 250 g/mol. The van der Waals surface area contributed by atoms with Gasteiger partial charge in [0.2, 0.25) is 0 Å². The molecule has 20 heavy (non-hydrogen) atoms. The van der Waals surface area contributed by atoms with Crippen molar-refractivity contribution in [2.45, 2.75) is 20.8 Å². The van der Waals surface area contributed by atoms with Gasteiger partial charge in [0.15, 0.2) is 0 Å². The minimum absolute atomic E-state index is 0.0843. The fraction of sp³-hybridized carbons (Fsp3) is 0.235. The summed E-state index contributed by atoms with van der Waals surface area (Å²) in [5, 5.41) is 2.78. The molecule has 3 nitrogen and oxygen atoms in total. The Labute approximate surface area is 119 Å². The summed E-state index contributed by atoms with van der Waals surface area (Å²) in [6.45, 7) is 6.54. The van der Waals surface area contributed by atoms with Crippen LogP contribution in [0.5, 0.6) is 11.5 Å². The van der Waals surface area contributed by atoms with Gasteiger partial charge in [-0.15, -0.1) is 0 Å². The van der Waals surface area contributed by atoms with Gasteiger partial charge in [0.25, 0.3) is 5.91 Å². The van der Waals surface area contributed by atoms with E-state index in [2.05, 4.69) is 5.32 Å². The molecule has 1 amide bonds. The minimum atomic E-state index is -0.0843. The fourth-order valence-electron chi connectivity index (χ4n) is 1.91.